The molecule has 2 aromatic heterocycles. The number of aryl methyl sites for hydroxylation is 2. The first-order valence-corrected chi connectivity index (χ1v) is 10.5. The summed E-state index contributed by atoms with van der Waals surface area (Å²) in [6, 6.07) is 0. The summed E-state index contributed by atoms with van der Waals surface area (Å²) in [6.45, 7) is 4.53. The Morgan fingerprint density at radius 1 is 1.36 bits per heavy atom. The van der Waals surface area contributed by atoms with Gasteiger partial charge in [0.1, 0.15) is 5.00 Å². The van der Waals surface area contributed by atoms with Crippen LogP contribution in [0.25, 0.3) is 0 Å². The Bertz CT molecular complexity index is 856. The molecule has 8 heteroatoms. The lowest BCUT2D eigenvalue weighted by molar-refractivity contribution is -0.117. The van der Waals surface area contributed by atoms with E-state index in [1.165, 1.54) is 16.2 Å². The molecule has 3 rings (SSSR count). The van der Waals surface area contributed by atoms with Gasteiger partial charge in [0.2, 0.25) is 5.91 Å². The maximum atomic E-state index is 12.7. The minimum atomic E-state index is -0.339. The number of thiophene rings is 1. The fourth-order valence-electron chi connectivity index (χ4n) is 3.48. The summed E-state index contributed by atoms with van der Waals surface area (Å²) < 4.78 is 7.18. The molecule has 0 saturated carbocycles. The number of esters is 1. The average Bonchev–Trinajstić information content (AvgIpc) is 3.16. The number of carbonyl (C=O) groups is 2. The normalized spacial score (nSPS) is 13.6. The van der Waals surface area contributed by atoms with E-state index in [0.29, 0.717) is 17.1 Å². The molecule has 0 unspecified atom stereocenters. The van der Waals surface area contributed by atoms with Crippen LogP contribution in [-0.2, 0) is 36.0 Å². The molecule has 0 saturated heterocycles. The molecular formula is C20H28N4O3S. The number of rotatable bonds is 7. The van der Waals surface area contributed by atoms with Crippen LogP contribution >= 0.6 is 11.3 Å². The number of nitrogens with one attached hydrogen (secondary N) is 1. The van der Waals surface area contributed by atoms with Crippen molar-refractivity contribution in [2.24, 2.45) is 7.05 Å². The molecule has 1 aliphatic carbocycles. The maximum absolute atomic E-state index is 12.7. The van der Waals surface area contributed by atoms with Gasteiger partial charge in [-0.3, -0.25) is 14.4 Å². The van der Waals surface area contributed by atoms with Gasteiger partial charge in [0, 0.05) is 30.2 Å². The van der Waals surface area contributed by atoms with Gasteiger partial charge in [-0.05, 0) is 52.1 Å². The molecule has 1 N–H and O–H groups in total. The molecule has 0 aliphatic heterocycles. The van der Waals surface area contributed by atoms with Gasteiger partial charge in [0.15, 0.2) is 0 Å². The molecule has 0 spiro atoms. The van der Waals surface area contributed by atoms with Gasteiger partial charge in [-0.15, -0.1) is 11.3 Å². The first kappa shape index (κ1) is 20.5. The second-order valence-corrected chi connectivity index (χ2v) is 8.72. The number of hydrogen-bond acceptors (Lipinski definition) is 6. The number of nitrogens with zero attached hydrogens (tertiary/aromatic N) is 3. The standard InChI is InChI=1S/C20H28N4O3S/c1-13(2)27-20(26)18-15-7-5-6-8-16(15)28-19(18)22-17(25)12-23(3)10-14-9-21-24(4)11-14/h9,11,13H,5-8,10,12H2,1-4H3,(H,22,25). The molecule has 1 amide bonds. The van der Waals surface area contributed by atoms with Crippen molar-refractivity contribution >= 4 is 28.2 Å². The van der Waals surface area contributed by atoms with Gasteiger partial charge in [0.25, 0.3) is 0 Å². The van der Waals surface area contributed by atoms with Crippen LogP contribution in [0.15, 0.2) is 12.4 Å². The largest absolute Gasteiger partial charge is 0.459 e. The first-order valence-electron chi connectivity index (χ1n) is 9.65. The summed E-state index contributed by atoms with van der Waals surface area (Å²) in [7, 11) is 3.76. The van der Waals surface area contributed by atoms with E-state index >= 15 is 0 Å². The minimum Gasteiger partial charge on any atom is -0.459 e. The van der Waals surface area contributed by atoms with Crippen LogP contribution in [0, 0.1) is 0 Å². The number of aromatic nitrogens is 2. The third-order valence-corrected chi connectivity index (χ3v) is 5.80. The Morgan fingerprint density at radius 3 is 2.79 bits per heavy atom. The number of hydrogen-bond donors (Lipinski definition) is 1. The number of amides is 1. The SMILES string of the molecule is CC(C)OC(=O)c1c(NC(=O)CN(C)Cc2cnn(C)c2)sc2c1CCCC2. The summed E-state index contributed by atoms with van der Waals surface area (Å²) in [4.78, 5) is 28.4. The fourth-order valence-corrected chi connectivity index (χ4v) is 4.77. The Balaban J connectivity index is 1.70. The Morgan fingerprint density at radius 2 is 2.11 bits per heavy atom. The monoisotopic (exact) mass is 404 g/mol. The van der Waals surface area contributed by atoms with Gasteiger partial charge in [0.05, 0.1) is 24.4 Å². The molecule has 2 aromatic rings. The van der Waals surface area contributed by atoms with E-state index in [1.54, 1.807) is 10.9 Å². The zero-order valence-electron chi connectivity index (χ0n) is 16.9. The summed E-state index contributed by atoms with van der Waals surface area (Å²) in [5, 5.41) is 7.73. The van der Waals surface area contributed by atoms with E-state index in [0.717, 1.165) is 36.8 Å². The predicted molar refractivity (Wildman–Crippen MR) is 110 cm³/mol. The lowest BCUT2D eigenvalue weighted by Gasteiger charge is -2.16. The van der Waals surface area contributed by atoms with Crippen LogP contribution < -0.4 is 5.32 Å². The van der Waals surface area contributed by atoms with Gasteiger partial charge in [-0.2, -0.15) is 5.10 Å². The molecule has 28 heavy (non-hydrogen) atoms. The molecule has 1 aliphatic rings. The molecule has 0 aromatic carbocycles. The summed E-state index contributed by atoms with van der Waals surface area (Å²) >= 11 is 1.52. The first-order chi connectivity index (χ1) is 13.3. The lowest BCUT2D eigenvalue weighted by Crippen LogP contribution is -2.30. The predicted octanol–water partition coefficient (Wildman–Crippen LogP) is 3.00. The van der Waals surface area contributed by atoms with E-state index in [1.807, 2.05) is 39.0 Å². The summed E-state index contributed by atoms with van der Waals surface area (Å²) in [6.07, 6.45) is 7.54. The quantitative estimate of drug-likeness (QED) is 0.718. The van der Waals surface area contributed by atoms with Crippen molar-refractivity contribution in [3.63, 3.8) is 0 Å². The van der Waals surface area contributed by atoms with Crippen LogP contribution in [0.3, 0.4) is 0 Å². The highest BCUT2D eigenvalue weighted by molar-refractivity contribution is 7.17. The van der Waals surface area contributed by atoms with Gasteiger partial charge in [-0.25, -0.2) is 4.79 Å². The summed E-state index contributed by atoms with van der Waals surface area (Å²) in [5.74, 6) is -0.475. The third kappa shape index (κ3) is 4.99. The highest BCUT2D eigenvalue weighted by Gasteiger charge is 2.28. The Hall–Kier alpha value is -2.19. The Kier molecular flexibility index (Phi) is 6.51. The molecule has 0 radical (unpaired) electrons. The van der Waals surface area contributed by atoms with Crippen LogP contribution in [0.2, 0.25) is 0 Å². The van der Waals surface area contributed by atoms with Crippen molar-refractivity contribution in [1.29, 1.82) is 0 Å². The fraction of sp³-hybridized carbons (Fsp3) is 0.550. The van der Waals surface area contributed by atoms with E-state index in [4.69, 9.17) is 4.74 Å². The van der Waals surface area contributed by atoms with Crippen LogP contribution in [0.4, 0.5) is 5.00 Å². The molecular weight excluding hydrogens is 376 g/mol. The molecule has 7 nitrogen and oxygen atoms in total. The molecule has 0 bridgehead atoms. The second kappa shape index (κ2) is 8.87. The topological polar surface area (TPSA) is 76.5 Å². The number of anilines is 1. The van der Waals surface area contributed by atoms with E-state index in [2.05, 4.69) is 10.4 Å². The van der Waals surface area contributed by atoms with Gasteiger partial charge < -0.3 is 10.1 Å². The van der Waals surface area contributed by atoms with Crippen LogP contribution in [0.1, 0.15) is 53.1 Å². The number of likely N-dealkylation sites (N-methyl/N-ethyl adjacent to an activating group) is 1. The van der Waals surface area contributed by atoms with E-state index < -0.39 is 0 Å². The number of fused-ring (bicyclic) bond motifs is 1. The van der Waals surface area contributed by atoms with Gasteiger partial charge in [-0.1, -0.05) is 0 Å². The average molecular weight is 405 g/mol. The third-order valence-electron chi connectivity index (χ3n) is 4.60. The maximum Gasteiger partial charge on any atom is 0.341 e. The van der Waals surface area contributed by atoms with E-state index in [9.17, 15) is 9.59 Å². The minimum absolute atomic E-state index is 0.136. The highest BCUT2D eigenvalue weighted by atomic mass is 32.1. The lowest BCUT2D eigenvalue weighted by atomic mass is 9.95. The van der Waals surface area contributed by atoms with Crippen molar-refractivity contribution in [2.75, 3.05) is 18.9 Å². The second-order valence-electron chi connectivity index (χ2n) is 7.61. The molecule has 2 heterocycles. The summed E-state index contributed by atoms with van der Waals surface area (Å²) in [5.41, 5.74) is 2.66. The zero-order chi connectivity index (χ0) is 20.3. The van der Waals surface area contributed by atoms with Crippen molar-refractivity contribution in [3.05, 3.63) is 34.0 Å². The van der Waals surface area contributed by atoms with Crippen molar-refractivity contribution in [3.8, 4) is 0 Å². The Labute approximate surface area is 169 Å². The number of carbonyl (C=O) groups excluding carboxylic acids is 2. The van der Waals surface area contributed by atoms with Crippen molar-refractivity contribution in [1.82, 2.24) is 14.7 Å². The van der Waals surface area contributed by atoms with Crippen molar-refractivity contribution < 1.29 is 14.3 Å². The molecule has 152 valence electrons. The van der Waals surface area contributed by atoms with Gasteiger partial charge >= 0.3 is 5.97 Å². The zero-order valence-corrected chi connectivity index (χ0v) is 17.8. The van der Waals surface area contributed by atoms with Crippen molar-refractivity contribution in [2.45, 2.75) is 52.2 Å². The molecule has 0 atom stereocenters. The van der Waals surface area contributed by atoms with E-state index in [-0.39, 0.29) is 24.5 Å². The van der Waals surface area contributed by atoms with Crippen LogP contribution in [-0.4, -0.2) is 46.3 Å². The highest BCUT2D eigenvalue weighted by Crippen LogP contribution is 2.38. The van der Waals surface area contributed by atoms with Crippen LogP contribution in [0.5, 0.6) is 0 Å². The number of ether oxygens (including phenoxy) is 1. The smallest absolute Gasteiger partial charge is 0.341 e. The molecule has 0 fully saturated rings.